The fourth-order valence-electron chi connectivity index (χ4n) is 7.70. The molecule has 0 aromatic carbocycles. The topological polar surface area (TPSA) is 86.8 Å². The summed E-state index contributed by atoms with van der Waals surface area (Å²) in [6.45, 7) is 6.56. The third-order valence-corrected chi connectivity index (χ3v) is 9.23. The number of aliphatic hydroxyl groups is 1. The maximum Gasteiger partial charge on any atom is 0.302 e. The Morgan fingerprint density at radius 2 is 2.03 bits per heavy atom. The molecule has 7 aliphatic rings. The monoisotopic (exact) mass is 406 g/mol. The molecule has 4 saturated heterocycles. The highest BCUT2D eigenvalue weighted by molar-refractivity contribution is 5.66. The van der Waals surface area contributed by atoms with Gasteiger partial charge in [-0.1, -0.05) is 13.8 Å². The molecule has 29 heavy (non-hydrogen) atoms. The summed E-state index contributed by atoms with van der Waals surface area (Å²) in [5.41, 5.74) is -1.43. The zero-order valence-electron chi connectivity index (χ0n) is 17.2. The van der Waals surface area contributed by atoms with E-state index in [-0.39, 0.29) is 47.6 Å². The van der Waals surface area contributed by atoms with Gasteiger partial charge in [-0.05, 0) is 37.2 Å². The normalized spacial score (nSPS) is 59.3. The SMILES string of the molecule is CC(=O)O[C@H]1C[C@@H](C)[C@](C)([C@@H]2C[C@H]3C=CO[C@@H]3O2)[C@H]2C[C@@H]3C[C@]4(CO4)[C@]12[C@@H](O)O3. The Kier molecular flexibility index (Phi) is 3.69. The third kappa shape index (κ3) is 2.15. The van der Waals surface area contributed by atoms with Crippen LogP contribution < -0.4 is 0 Å². The first-order valence-corrected chi connectivity index (χ1v) is 10.9. The highest BCUT2D eigenvalue weighted by atomic mass is 16.7. The molecule has 0 radical (unpaired) electrons. The van der Waals surface area contributed by atoms with Crippen molar-refractivity contribution in [2.24, 2.45) is 28.6 Å². The van der Waals surface area contributed by atoms with Crippen LogP contribution in [0.25, 0.3) is 0 Å². The summed E-state index contributed by atoms with van der Waals surface area (Å²) in [6, 6.07) is 0. The Bertz CT molecular complexity index is 762. The molecule has 0 aromatic rings. The van der Waals surface area contributed by atoms with Crippen molar-refractivity contribution in [1.82, 2.24) is 0 Å². The van der Waals surface area contributed by atoms with Crippen molar-refractivity contribution < 1.29 is 33.6 Å². The highest BCUT2D eigenvalue weighted by Gasteiger charge is 2.82. The standard InChI is InChI=1S/C22H30O7/c1-11-6-17(27-12(2)23)22-15(8-14(28-19(22)24)9-21(22)10-26-21)20(11,3)16-7-13-4-5-25-18(13)29-16/h4-5,11,13-19,24H,6-10H2,1-3H3/t11-,13-,14-,15-,16+,17+,18-,19+,20+,21+,22+/m1/s1. The number of epoxide rings is 1. The van der Waals surface area contributed by atoms with Crippen molar-refractivity contribution in [2.75, 3.05) is 6.61 Å². The van der Waals surface area contributed by atoms with Gasteiger partial charge in [-0.3, -0.25) is 4.79 Å². The van der Waals surface area contributed by atoms with Crippen molar-refractivity contribution >= 4 is 5.97 Å². The molecule has 1 N–H and O–H groups in total. The lowest BCUT2D eigenvalue weighted by atomic mass is 9.40. The van der Waals surface area contributed by atoms with Crippen LogP contribution in [0.1, 0.15) is 46.5 Å². The van der Waals surface area contributed by atoms with Crippen LogP contribution in [0.15, 0.2) is 12.3 Å². The summed E-state index contributed by atoms with van der Waals surface area (Å²) in [7, 11) is 0. The van der Waals surface area contributed by atoms with Gasteiger partial charge in [-0.25, -0.2) is 0 Å². The molecule has 0 unspecified atom stereocenters. The molecule has 7 rings (SSSR count). The fraction of sp³-hybridized carbons (Fsp3) is 0.864. The molecule has 5 heterocycles. The van der Waals surface area contributed by atoms with Crippen LogP contribution in [-0.4, -0.2) is 54.2 Å². The largest absolute Gasteiger partial charge is 0.472 e. The molecule has 11 atom stereocenters. The van der Waals surface area contributed by atoms with Gasteiger partial charge in [-0.2, -0.15) is 0 Å². The summed E-state index contributed by atoms with van der Waals surface area (Å²) < 4.78 is 30.1. The lowest BCUT2D eigenvalue weighted by Gasteiger charge is -2.68. The van der Waals surface area contributed by atoms with Gasteiger partial charge in [0.05, 0.1) is 30.5 Å². The van der Waals surface area contributed by atoms with E-state index in [0.717, 1.165) is 19.3 Å². The smallest absolute Gasteiger partial charge is 0.302 e. The van der Waals surface area contributed by atoms with Gasteiger partial charge < -0.3 is 28.8 Å². The number of esters is 1. The molecule has 2 bridgehead atoms. The molecule has 7 heteroatoms. The number of rotatable bonds is 2. The first kappa shape index (κ1) is 18.6. The molecule has 6 fully saturated rings. The number of aliphatic hydroxyl groups excluding tert-OH is 1. The number of carbonyl (C=O) groups excluding carboxylic acids is 1. The van der Waals surface area contributed by atoms with Crippen LogP contribution in [0.5, 0.6) is 0 Å². The van der Waals surface area contributed by atoms with Crippen LogP contribution in [0.3, 0.4) is 0 Å². The molecule has 2 saturated carbocycles. The summed E-state index contributed by atoms with van der Waals surface area (Å²) in [6.07, 6.45) is 5.31. The van der Waals surface area contributed by atoms with Gasteiger partial charge in [-0.15, -0.1) is 0 Å². The van der Waals surface area contributed by atoms with Gasteiger partial charge in [0.2, 0.25) is 6.29 Å². The summed E-state index contributed by atoms with van der Waals surface area (Å²) >= 11 is 0. The van der Waals surface area contributed by atoms with E-state index in [1.165, 1.54) is 6.92 Å². The zero-order chi connectivity index (χ0) is 20.2. The van der Waals surface area contributed by atoms with Crippen molar-refractivity contribution in [3.8, 4) is 0 Å². The second-order valence-corrected chi connectivity index (χ2v) is 10.3. The van der Waals surface area contributed by atoms with Crippen molar-refractivity contribution in [3.05, 3.63) is 12.3 Å². The van der Waals surface area contributed by atoms with Crippen LogP contribution in [-0.2, 0) is 28.5 Å². The molecule has 5 aliphatic heterocycles. The van der Waals surface area contributed by atoms with Crippen molar-refractivity contribution in [3.63, 3.8) is 0 Å². The molecule has 160 valence electrons. The number of hydrogen-bond donors (Lipinski definition) is 1. The van der Waals surface area contributed by atoms with E-state index in [4.69, 9.17) is 23.7 Å². The number of fused-ring (bicyclic) bond motifs is 2. The maximum absolute atomic E-state index is 12.0. The molecule has 2 aliphatic carbocycles. The summed E-state index contributed by atoms with van der Waals surface area (Å²) in [4.78, 5) is 12.0. The summed E-state index contributed by atoms with van der Waals surface area (Å²) in [5, 5.41) is 11.3. The minimum atomic E-state index is -1.00. The van der Waals surface area contributed by atoms with E-state index in [1.54, 1.807) is 6.26 Å². The highest BCUT2D eigenvalue weighted by Crippen LogP contribution is 2.73. The van der Waals surface area contributed by atoms with Crippen molar-refractivity contribution in [2.45, 2.75) is 82.9 Å². The molecular weight excluding hydrogens is 376 g/mol. The predicted octanol–water partition coefficient (Wildman–Crippen LogP) is 2.12. The van der Waals surface area contributed by atoms with Crippen LogP contribution in [0.4, 0.5) is 0 Å². The quantitative estimate of drug-likeness (QED) is 0.555. The second-order valence-electron chi connectivity index (χ2n) is 10.3. The van der Waals surface area contributed by atoms with Gasteiger partial charge in [0.1, 0.15) is 11.7 Å². The van der Waals surface area contributed by atoms with E-state index in [2.05, 4.69) is 19.9 Å². The van der Waals surface area contributed by atoms with Gasteiger partial charge in [0, 0.05) is 24.7 Å². The minimum Gasteiger partial charge on any atom is -0.472 e. The van der Waals surface area contributed by atoms with E-state index in [9.17, 15) is 9.90 Å². The molecular formula is C22H30O7. The van der Waals surface area contributed by atoms with E-state index in [1.807, 2.05) is 0 Å². The zero-order valence-corrected chi connectivity index (χ0v) is 17.2. The van der Waals surface area contributed by atoms with Gasteiger partial charge in [0.25, 0.3) is 0 Å². The molecule has 2 spiro atoms. The van der Waals surface area contributed by atoms with Crippen LogP contribution in [0.2, 0.25) is 0 Å². The number of carbonyl (C=O) groups is 1. The Balaban J connectivity index is 1.46. The Hall–Kier alpha value is -1.15. The molecule has 0 amide bonds. The fourth-order valence-corrected chi connectivity index (χ4v) is 7.70. The van der Waals surface area contributed by atoms with Gasteiger partial charge >= 0.3 is 5.97 Å². The van der Waals surface area contributed by atoms with Crippen LogP contribution in [0, 0.1) is 28.6 Å². The van der Waals surface area contributed by atoms with Crippen molar-refractivity contribution in [1.29, 1.82) is 0 Å². The lowest BCUT2D eigenvalue weighted by molar-refractivity contribution is -0.375. The first-order chi connectivity index (χ1) is 13.8. The minimum absolute atomic E-state index is 0.0138. The summed E-state index contributed by atoms with van der Waals surface area (Å²) in [5.74, 6) is 0.276. The maximum atomic E-state index is 12.0. The number of ether oxygens (including phenoxy) is 5. The van der Waals surface area contributed by atoms with Crippen LogP contribution >= 0.6 is 0 Å². The molecule has 0 aromatic heterocycles. The average molecular weight is 406 g/mol. The Morgan fingerprint density at radius 1 is 1.24 bits per heavy atom. The predicted molar refractivity (Wildman–Crippen MR) is 99.2 cm³/mol. The van der Waals surface area contributed by atoms with E-state index in [0.29, 0.717) is 13.0 Å². The third-order valence-electron chi connectivity index (χ3n) is 9.23. The average Bonchev–Trinajstić information content (AvgIpc) is 3.09. The lowest BCUT2D eigenvalue weighted by Crippen LogP contribution is -2.76. The Labute approximate surface area is 170 Å². The molecule has 7 nitrogen and oxygen atoms in total. The van der Waals surface area contributed by atoms with E-state index < -0.39 is 23.4 Å². The second kappa shape index (κ2) is 5.75. The first-order valence-electron chi connectivity index (χ1n) is 10.9. The number of hydrogen-bond acceptors (Lipinski definition) is 7. The van der Waals surface area contributed by atoms with Gasteiger partial charge in [0.15, 0.2) is 6.29 Å². The Morgan fingerprint density at radius 3 is 2.72 bits per heavy atom. The van der Waals surface area contributed by atoms with E-state index >= 15 is 0 Å².